The normalized spacial score (nSPS) is 14.6. The molecule has 3 N–H and O–H groups in total. The van der Waals surface area contributed by atoms with Crippen molar-refractivity contribution in [3.63, 3.8) is 0 Å². The van der Waals surface area contributed by atoms with Gasteiger partial charge in [-0.1, -0.05) is 44.0 Å². The molecule has 0 aromatic heterocycles. The van der Waals surface area contributed by atoms with Crippen molar-refractivity contribution < 1.29 is 18.3 Å². The number of aliphatic hydroxyl groups is 1. The highest BCUT2D eigenvalue weighted by molar-refractivity contribution is 9.10. The third kappa shape index (κ3) is 5.36. The van der Waals surface area contributed by atoms with Gasteiger partial charge in [0.25, 0.3) is 0 Å². The van der Waals surface area contributed by atoms with Crippen LogP contribution < -0.4 is 10.6 Å². The molecule has 0 bridgehead atoms. The standard InChI is InChI=1S/C22H19Br2F3N2O/c1-14(28-19-9-5-17(23)6-10-19)21(30,29-20-11-7-18(24)8-12-20)15-3-2-4-16(13-15)22(25,26)27/h2-14,28-30H,1H3. The molecule has 0 aliphatic heterocycles. The molecule has 3 aromatic carbocycles. The first-order valence-corrected chi connectivity index (χ1v) is 10.6. The molecule has 0 spiro atoms. The third-order valence-corrected chi connectivity index (χ3v) is 5.72. The maximum Gasteiger partial charge on any atom is 0.416 e. The zero-order chi connectivity index (χ0) is 21.9. The molecule has 0 aliphatic carbocycles. The molecular formula is C22H19Br2F3N2O. The first kappa shape index (κ1) is 22.7. The molecule has 3 aromatic rings. The second-order valence-electron chi connectivity index (χ2n) is 6.85. The van der Waals surface area contributed by atoms with Crippen molar-refractivity contribution in [2.45, 2.75) is 24.9 Å². The Kier molecular flexibility index (Phi) is 6.79. The fourth-order valence-corrected chi connectivity index (χ4v) is 3.55. The van der Waals surface area contributed by atoms with Crippen LogP contribution in [-0.2, 0) is 11.9 Å². The molecule has 30 heavy (non-hydrogen) atoms. The Morgan fingerprint density at radius 2 is 1.30 bits per heavy atom. The van der Waals surface area contributed by atoms with E-state index in [9.17, 15) is 18.3 Å². The topological polar surface area (TPSA) is 44.3 Å². The van der Waals surface area contributed by atoms with Crippen LogP contribution in [0, 0.1) is 0 Å². The number of halogens is 5. The van der Waals surface area contributed by atoms with Crippen LogP contribution in [-0.4, -0.2) is 11.1 Å². The predicted octanol–water partition coefficient (Wildman–Crippen LogP) is 6.99. The summed E-state index contributed by atoms with van der Waals surface area (Å²) >= 11 is 6.71. The molecule has 2 unspecified atom stereocenters. The highest BCUT2D eigenvalue weighted by Crippen LogP contribution is 2.35. The number of hydrogen-bond donors (Lipinski definition) is 3. The first-order valence-electron chi connectivity index (χ1n) is 9.04. The fraction of sp³-hybridized carbons (Fsp3) is 0.182. The van der Waals surface area contributed by atoms with Gasteiger partial charge >= 0.3 is 6.18 Å². The van der Waals surface area contributed by atoms with E-state index in [1.54, 1.807) is 31.2 Å². The summed E-state index contributed by atoms with van der Waals surface area (Å²) in [5, 5.41) is 17.8. The van der Waals surface area contributed by atoms with E-state index in [4.69, 9.17) is 0 Å². The number of anilines is 2. The minimum atomic E-state index is -4.52. The summed E-state index contributed by atoms with van der Waals surface area (Å²) in [6.07, 6.45) is -4.52. The number of hydrogen-bond acceptors (Lipinski definition) is 3. The molecule has 0 amide bonds. The van der Waals surface area contributed by atoms with Gasteiger partial charge in [-0.05, 0) is 67.6 Å². The van der Waals surface area contributed by atoms with Crippen LogP contribution in [0.15, 0.2) is 81.7 Å². The van der Waals surface area contributed by atoms with Gasteiger partial charge in [0.05, 0.1) is 11.6 Å². The SMILES string of the molecule is CC(Nc1ccc(Br)cc1)C(O)(Nc1ccc(Br)cc1)c1cccc(C(F)(F)F)c1. The van der Waals surface area contributed by atoms with Crippen molar-refractivity contribution in [1.82, 2.24) is 0 Å². The van der Waals surface area contributed by atoms with Crippen molar-refractivity contribution in [1.29, 1.82) is 0 Å². The Labute approximate surface area is 189 Å². The van der Waals surface area contributed by atoms with Gasteiger partial charge in [0.1, 0.15) is 0 Å². The lowest BCUT2D eigenvalue weighted by atomic mass is 9.93. The Morgan fingerprint density at radius 1 is 0.800 bits per heavy atom. The summed E-state index contributed by atoms with van der Waals surface area (Å²) < 4.78 is 41.6. The molecule has 0 saturated carbocycles. The summed E-state index contributed by atoms with van der Waals surface area (Å²) in [5.74, 6) is 0. The molecule has 0 fully saturated rings. The van der Waals surface area contributed by atoms with Gasteiger partial charge in [-0.25, -0.2) is 0 Å². The van der Waals surface area contributed by atoms with Crippen LogP contribution in [0.5, 0.6) is 0 Å². The lowest BCUT2D eigenvalue weighted by molar-refractivity contribution is -0.137. The lowest BCUT2D eigenvalue weighted by Crippen LogP contribution is -2.49. The van der Waals surface area contributed by atoms with Crippen molar-refractivity contribution in [3.8, 4) is 0 Å². The van der Waals surface area contributed by atoms with E-state index in [-0.39, 0.29) is 5.56 Å². The number of benzene rings is 3. The zero-order valence-corrected chi connectivity index (χ0v) is 19.0. The van der Waals surface area contributed by atoms with E-state index in [0.717, 1.165) is 21.1 Å². The summed E-state index contributed by atoms with van der Waals surface area (Å²) in [6, 6.07) is 18.3. The first-order chi connectivity index (χ1) is 14.1. The Hall–Kier alpha value is -2.03. The van der Waals surface area contributed by atoms with Gasteiger partial charge in [0.2, 0.25) is 0 Å². The zero-order valence-electron chi connectivity index (χ0n) is 15.8. The van der Waals surface area contributed by atoms with Crippen LogP contribution in [0.3, 0.4) is 0 Å². The average Bonchev–Trinajstić information content (AvgIpc) is 2.71. The quantitative estimate of drug-likeness (QED) is 0.294. The molecule has 0 heterocycles. The van der Waals surface area contributed by atoms with E-state index in [2.05, 4.69) is 42.5 Å². The van der Waals surface area contributed by atoms with Crippen molar-refractivity contribution in [2.24, 2.45) is 0 Å². The molecule has 0 saturated heterocycles. The summed E-state index contributed by atoms with van der Waals surface area (Å²) in [7, 11) is 0. The second kappa shape index (κ2) is 8.99. The van der Waals surface area contributed by atoms with E-state index in [0.29, 0.717) is 11.4 Å². The monoisotopic (exact) mass is 542 g/mol. The van der Waals surface area contributed by atoms with Crippen molar-refractivity contribution in [2.75, 3.05) is 10.6 Å². The third-order valence-electron chi connectivity index (χ3n) is 4.66. The minimum Gasteiger partial charge on any atom is -0.377 e. The molecule has 2 atom stereocenters. The number of alkyl halides is 3. The van der Waals surface area contributed by atoms with Gasteiger partial charge in [-0.2, -0.15) is 13.2 Å². The smallest absolute Gasteiger partial charge is 0.377 e. The van der Waals surface area contributed by atoms with Gasteiger partial charge in [0.15, 0.2) is 5.72 Å². The molecule has 0 aliphatic rings. The van der Waals surface area contributed by atoms with Crippen molar-refractivity contribution >= 4 is 43.2 Å². The fourth-order valence-electron chi connectivity index (χ4n) is 3.02. The lowest BCUT2D eigenvalue weighted by Gasteiger charge is -2.37. The molecule has 8 heteroatoms. The second-order valence-corrected chi connectivity index (χ2v) is 8.68. The van der Waals surface area contributed by atoms with Gasteiger partial charge in [0, 0.05) is 25.9 Å². The van der Waals surface area contributed by atoms with Crippen LogP contribution in [0.4, 0.5) is 24.5 Å². The van der Waals surface area contributed by atoms with E-state index in [1.165, 1.54) is 12.1 Å². The van der Waals surface area contributed by atoms with E-state index in [1.807, 2.05) is 24.3 Å². The highest BCUT2D eigenvalue weighted by atomic mass is 79.9. The van der Waals surface area contributed by atoms with Crippen molar-refractivity contribution in [3.05, 3.63) is 92.9 Å². The van der Waals surface area contributed by atoms with Gasteiger partial charge < -0.3 is 15.7 Å². The molecule has 0 radical (unpaired) electrons. The van der Waals surface area contributed by atoms with Crippen LogP contribution in [0.1, 0.15) is 18.1 Å². The number of rotatable bonds is 6. The predicted molar refractivity (Wildman–Crippen MR) is 120 cm³/mol. The Bertz CT molecular complexity index is 995. The maximum atomic E-state index is 13.3. The van der Waals surface area contributed by atoms with Crippen LogP contribution in [0.25, 0.3) is 0 Å². The highest BCUT2D eigenvalue weighted by Gasteiger charge is 2.38. The minimum absolute atomic E-state index is 0.0948. The van der Waals surface area contributed by atoms with E-state index < -0.39 is 23.5 Å². The Morgan fingerprint density at radius 3 is 1.83 bits per heavy atom. The molecule has 3 nitrogen and oxygen atoms in total. The van der Waals surface area contributed by atoms with Gasteiger partial charge in [-0.3, -0.25) is 0 Å². The average molecular weight is 544 g/mol. The van der Waals surface area contributed by atoms with Crippen LogP contribution >= 0.6 is 31.9 Å². The summed E-state index contributed by atoms with van der Waals surface area (Å²) in [4.78, 5) is 0. The number of nitrogens with one attached hydrogen (secondary N) is 2. The molecular weight excluding hydrogens is 525 g/mol. The molecule has 158 valence electrons. The summed E-state index contributed by atoms with van der Waals surface area (Å²) in [5.41, 5.74) is -1.29. The largest absolute Gasteiger partial charge is 0.416 e. The summed E-state index contributed by atoms with van der Waals surface area (Å²) in [6.45, 7) is 1.70. The maximum absolute atomic E-state index is 13.3. The van der Waals surface area contributed by atoms with Gasteiger partial charge in [-0.15, -0.1) is 0 Å². The molecule has 3 rings (SSSR count). The van der Waals surface area contributed by atoms with E-state index >= 15 is 0 Å². The Balaban J connectivity index is 2.01. The van der Waals surface area contributed by atoms with Crippen LogP contribution in [0.2, 0.25) is 0 Å².